The highest BCUT2D eigenvalue weighted by atomic mass is 19.4. The zero-order valence-electron chi connectivity index (χ0n) is 23.0. The van der Waals surface area contributed by atoms with Crippen molar-refractivity contribution in [1.29, 1.82) is 0 Å². The normalized spacial score (nSPS) is 22.7. The van der Waals surface area contributed by atoms with Gasteiger partial charge in [0.25, 0.3) is 11.5 Å². The number of halogens is 3. The van der Waals surface area contributed by atoms with Gasteiger partial charge in [0.05, 0.1) is 37.3 Å². The van der Waals surface area contributed by atoms with Gasteiger partial charge in [-0.1, -0.05) is 43.2 Å². The van der Waals surface area contributed by atoms with Crippen LogP contribution in [-0.2, 0) is 16.1 Å². The van der Waals surface area contributed by atoms with E-state index in [0.717, 1.165) is 18.4 Å². The molecule has 1 aromatic heterocycles. The molecule has 222 valence electrons. The van der Waals surface area contributed by atoms with Crippen LogP contribution in [0.1, 0.15) is 55.3 Å². The maximum Gasteiger partial charge on any atom is 0.389 e. The number of carbonyl (C=O) groups is 2. The summed E-state index contributed by atoms with van der Waals surface area (Å²) >= 11 is 0. The van der Waals surface area contributed by atoms with Crippen LogP contribution >= 0.6 is 0 Å². The minimum Gasteiger partial charge on any atom is -0.387 e. The van der Waals surface area contributed by atoms with Gasteiger partial charge in [0.2, 0.25) is 5.91 Å². The Kier molecular flexibility index (Phi) is 8.29. The van der Waals surface area contributed by atoms with Crippen LogP contribution in [0.25, 0.3) is 11.1 Å². The molecule has 5 rings (SSSR count). The highest BCUT2D eigenvalue weighted by Gasteiger charge is 2.55. The van der Waals surface area contributed by atoms with Gasteiger partial charge in [-0.15, -0.1) is 0 Å². The molecule has 1 spiro atoms. The Morgan fingerprint density at radius 2 is 1.66 bits per heavy atom. The molecule has 11 heteroatoms. The largest absolute Gasteiger partial charge is 0.389 e. The minimum absolute atomic E-state index is 0.0745. The quantitative estimate of drug-likeness (QED) is 0.565. The van der Waals surface area contributed by atoms with E-state index in [1.807, 2.05) is 30.3 Å². The molecule has 1 N–H and O–H groups in total. The Hall–Kier alpha value is -3.18. The Bertz CT molecular complexity index is 1320. The number of hydrogen-bond donors (Lipinski definition) is 1. The number of piperidine rings is 1. The molecule has 2 amide bonds. The van der Waals surface area contributed by atoms with Crippen LogP contribution in [0.15, 0.2) is 47.4 Å². The van der Waals surface area contributed by atoms with Gasteiger partial charge in [-0.05, 0) is 24.8 Å². The van der Waals surface area contributed by atoms with E-state index in [1.54, 1.807) is 4.90 Å². The number of carbonyl (C=O) groups excluding carboxylic acids is 2. The molecule has 3 aliphatic rings. The summed E-state index contributed by atoms with van der Waals surface area (Å²) in [7, 11) is 0. The number of ether oxygens (including phenoxy) is 1. The van der Waals surface area contributed by atoms with Crippen LogP contribution in [-0.4, -0.2) is 82.5 Å². The number of benzene rings is 1. The number of morpholine rings is 1. The first-order chi connectivity index (χ1) is 19.5. The van der Waals surface area contributed by atoms with Crippen molar-refractivity contribution in [1.82, 2.24) is 14.4 Å². The van der Waals surface area contributed by atoms with Crippen LogP contribution in [0.5, 0.6) is 0 Å². The second kappa shape index (κ2) is 11.6. The predicted molar refractivity (Wildman–Crippen MR) is 145 cm³/mol. The molecule has 2 aromatic rings. The van der Waals surface area contributed by atoms with E-state index < -0.39 is 35.9 Å². The van der Waals surface area contributed by atoms with E-state index in [2.05, 4.69) is 0 Å². The Morgan fingerprint density at radius 3 is 2.32 bits per heavy atom. The van der Waals surface area contributed by atoms with Crippen molar-refractivity contribution in [2.75, 3.05) is 39.4 Å². The molecular formula is C30H36F3N3O5. The summed E-state index contributed by atoms with van der Waals surface area (Å²) in [5, 5.41) is 12.1. The third-order valence-corrected chi connectivity index (χ3v) is 8.98. The summed E-state index contributed by atoms with van der Waals surface area (Å²) in [4.78, 5) is 43.0. The van der Waals surface area contributed by atoms with Crippen molar-refractivity contribution in [3.63, 3.8) is 0 Å². The van der Waals surface area contributed by atoms with Crippen LogP contribution in [0.2, 0.25) is 0 Å². The minimum atomic E-state index is -4.42. The molecule has 1 aliphatic carbocycles. The fourth-order valence-electron chi connectivity index (χ4n) is 6.66. The summed E-state index contributed by atoms with van der Waals surface area (Å²) in [6, 6.07) is 10.6. The van der Waals surface area contributed by atoms with Crippen LogP contribution in [0.4, 0.5) is 13.2 Å². The predicted octanol–water partition coefficient (Wildman–Crippen LogP) is 3.85. The zero-order chi connectivity index (χ0) is 29.3. The summed E-state index contributed by atoms with van der Waals surface area (Å²) < 4.78 is 45.0. The van der Waals surface area contributed by atoms with E-state index in [1.165, 1.54) is 21.7 Å². The molecule has 3 fully saturated rings. The molecule has 1 saturated carbocycles. The molecule has 2 saturated heterocycles. The van der Waals surface area contributed by atoms with Gasteiger partial charge in [0.1, 0.15) is 0 Å². The Labute approximate surface area is 236 Å². The summed E-state index contributed by atoms with van der Waals surface area (Å²) in [5.41, 5.74) is -0.901. The first-order valence-corrected chi connectivity index (χ1v) is 14.2. The van der Waals surface area contributed by atoms with Crippen molar-refractivity contribution in [3.8, 4) is 11.1 Å². The fourth-order valence-corrected chi connectivity index (χ4v) is 6.66. The highest BCUT2D eigenvalue weighted by molar-refractivity contribution is 6.00. The van der Waals surface area contributed by atoms with E-state index in [9.17, 15) is 32.7 Å². The topological polar surface area (TPSA) is 92.1 Å². The first kappa shape index (κ1) is 29.3. The monoisotopic (exact) mass is 575 g/mol. The molecule has 3 heterocycles. The highest BCUT2D eigenvalue weighted by Crippen LogP contribution is 2.51. The average molecular weight is 576 g/mol. The molecule has 0 radical (unpaired) electrons. The number of nitrogens with zero attached hydrogens (tertiary/aromatic N) is 3. The molecule has 1 atom stereocenters. The van der Waals surface area contributed by atoms with Crippen molar-refractivity contribution in [2.45, 2.75) is 63.3 Å². The number of aliphatic hydroxyl groups is 1. The first-order valence-electron chi connectivity index (χ1n) is 14.2. The smallest absolute Gasteiger partial charge is 0.387 e. The third kappa shape index (κ3) is 6.21. The number of hydrogen-bond acceptors (Lipinski definition) is 5. The standard InChI is InChI=1S/C30H36F3N3O5/c31-30(32,33)11-8-25(37)35-13-12-29(40,28(20-35)9-4-5-10-28)21-36-19-24(27(39)34-14-16-41-17-15-34)23(18-26(36)38)22-6-2-1-3-7-22/h1-3,6-7,18-19,40H,4-5,8-17,20-21H2/t29-/m1/s1. The Morgan fingerprint density at radius 1 is 0.976 bits per heavy atom. The maximum absolute atomic E-state index is 13.7. The van der Waals surface area contributed by atoms with Gasteiger partial charge in [-0.25, -0.2) is 0 Å². The molecule has 1 aromatic carbocycles. The second-order valence-electron chi connectivity index (χ2n) is 11.5. The van der Waals surface area contributed by atoms with Crippen LogP contribution in [0, 0.1) is 5.41 Å². The van der Waals surface area contributed by atoms with Gasteiger partial charge in [-0.2, -0.15) is 13.2 Å². The van der Waals surface area contributed by atoms with Crippen LogP contribution in [0.3, 0.4) is 0 Å². The number of pyridine rings is 1. The molecular weight excluding hydrogens is 539 g/mol. The Balaban J connectivity index is 1.46. The van der Waals surface area contributed by atoms with Crippen molar-refractivity contribution >= 4 is 11.8 Å². The van der Waals surface area contributed by atoms with Crippen molar-refractivity contribution in [3.05, 3.63) is 58.5 Å². The lowest BCUT2D eigenvalue weighted by atomic mass is 9.65. The maximum atomic E-state index is 13.7. The third-order valence-electron chi connectivity index (χ3n) is 8.98. The molecule has 2 aliphatic heterocycles. The number of amides is 2. The van der Waals surface area contributed by atoms with E-state index in [4.69, 9.17) is 4.74 Å². The van der Waals surface area contributed by atoms with E-state index >= 15 is 0 Å². The zero-order valence-corrected chi connectivity index (χ0v) is 23.0. The van der Waals surface area contributed by atoms with Gasteiger partial charge >= 0.3 is 6.18 Å². The van der Waals surface area contributed by atoms with Gasteiger partial charge in [0, 0.05) is 55.8 Å². The van der Waals surface area contributed by atoms with Gasteiger partial charge in [0.15, 0.2) is 0 Å². The number of alkyl halides is 3. The molecule has 0 bridgehead atoms. The molecule has 41 heavy (non-hydrogen) atoms. The number of likely N-dealkylation sites (tertiary alicyclic amines) is 1. The average Bonchev–Trinajstić information content (AvgIpc) is 3.44. The van der Waals surface area contributed by atoms with Gasteiger partial charge < -0.3 is 24.2 Å². The molecule has 0 unspecified atom stereocenters. The number of aromatic nitrogens is 1. The second-order valence-corrected chi connectivity index (χ2v) is 11.5. The number of rotatable bonds is 6. The van der Waals surface area contributed by atoms with Gasteiger partial charge in [-0.3, -0.25) is 14.4 Å². The lowest BCUT2D eigenvalue weighted by Crippen LogP contribution is -2.62. The van der Waals surface area contributed by atoms with Crippen molar-refractivity contribution in [2.24, 2.45) is 5.41 Å². The van der Waals surface area contributed by atoms with E-state index in [-0.39, 0.29) is 37.5 Å². The fraction of sp³-hybridized carbons (Fsp3) is 0.567. The lowest BCUT2D eigenvalue weighted by molar-refractivity contribution is -0.166. The van der Waals surface area contributed by atoms with E-state index in [0.29, 0.717) is 50.3 Å². The van der Waals surface area contributed by atoms with Crippen LogP contribution < -0.4 is 5.56 Å². The summed E-state index contributed by atoms with van der Waals surface area (Å²) in [5.74, 6) is -0.799. The lowest BCUT2D eigenvalue weighted by Gasteiger charge is -2.52. The summed E-state index contributed by atoms with van der Waals surface area (Å²) in [6.45, 7) is 1.88. The molecule has 8 nitrogen and oxygen atoms in total. The summed E-state index contributed by atoms with van der Waals surface area (Å²) in [6.07, 6.45) is -1.72. The van der Waals surface area contributed by atoms with Crippen molar-refractivity contribution < 1.29 is 32.6 Å². The SMILES string of the molecule is O=C(CCC(F)(F)F)N1CC[C@@](O)(Cn2cc(C(=O)N3CCOCC3)c(-c3ccccc3)cc2=O)C2(CCCC2)C1.